The molecule has 1 aliphatic heterocycles. The molecule has 0 aliphatic carbocycles. The third-order valence-electron chi connectivity index (χ3n) is 2.58. The minimum absolute atomic E-state index is 0.116. The van der Waals surface area contributed by atoms with E-state index in [9.17, 15) is 9.59 Å². The number of nitrogens with one attached hydrogen (secondary N) is 1. The molecule has 15 heavy (non-hydrogen) atoms. The second kappa shape index (κ2) is 3.66. The monoisotopic (exact) mass is 210 g/mol. The lowest BCUT2D eigenvalue weighted by Gasteiger charge is -2.18. The third kappa shape index (κ3) is 1.63. The predicted molar refractivity (Wildman–Crippen MR) is 55.1 cm³/mol. The van der Waals surface area contributed by atoms with Crippen LogP contribution in [-0.2, 0) is 17.8 Å². The molecule has 5 heteroatoms. The third-order valence-corrected chi connectivity index (χ3v) is 2.58. The van der Waals surface area contributed by atoms with Gasteiger partial charge in [-0.15, -0.1) is 0 Å². The van der Waals surface area contributed by atoms with Crippen LogP contribution in [0.4, 0.5) is 0 Å². The van der Waals surface area contributed by atoms with Crippen molar-refractivity contribution in [1.82, 2.24) is 9.55 Å². The van der Waals surface area contributed by atoms with Crippen LogP contribution in [0.2, 0.25) is 0 Å². The van der Waals surface area contributed by atoms with Crippen molar-refractivity contribution in [2.45, 2.75) is 32.9 Å². The summed E-state index contributed by atoms with van der Waals surface area (Å²) in [5, 5.41) is 0. The molecular formula is C10H14N2O3. The van der Waals surface area contributed by atoms with Gasteiger partial charge < -0.3 is 9.72 Å². The summed E-state index contributed by atoms with van der Waals surface area (Å²) in [6.45, 7) is 4.52. The molecule has 5 nitrogen and oxygen atoms in total. The summed E-state index contributed by atoms with van der Waals surface area (Å²) in [7, 11) is 0. The summed E-state index contributed by atoms with van der Waals surface area (Å²) in [4.78, 5) is 26.3. The average molecular weight is 210 g/mol. The summed E-state index contributed by atoms with van der Waals surface area (Å²) in [6, 6.07) is -0.116. The van der Waals surface area contributed by atoms with Crippen molar-refractivity contribution in [3.8, 4) is 0 Å². The molecule has 1 aromatic heterocycles. The lowest BCUT2D eigenvalue weighted by atomic mass is 10.1. The zero-order chi connectivity index (χ0) is 11.0. The maximum atomic E-state index is 12.0. The van der Waals surface area contributed by atoms with E-state index >= 15 is 0 Å². The highest BCUT2D eigenvalue weighted by atomic mass is 16.5. The van der Waals surface area contributed by atoms with E-state index in [0.29, 0.717) is 30.9 Å². The Morgan fingerprint density at radius 1 is 1.40 bits per heavy atom. The first-order valence-corrected chi connectivity index (χ1v) is 5.05. The van der Waals surface area contributed by atoms with E-state index in [1.54, 1.807) is 0 Å². The van der Waals surface area contributed by atoms with E-state index < -0.39 is 0 Å². The first-order valence-electron chi connectivity index (χ1n) is 5.05. The van der Waals surface area contributed by atoms with Crippen molar-refractivity contribution in [3.63, 3.8) is 0 Å². The van der Waals surface area contributed by atoms with Gasteiger partial charge in [0, 0.05) is 18.0 Å². The normalized spacial score (nSPS) is 15.4. The van der Waals surface area contributed by atoms with Gasteiger partial charge in [0.05, 0.1) is 18.9 Å². The van der Waals surface area contributed by atoms with Crippen molar-refractivity contribution in [2.75, 3.05) is 6.61 Å². The summed E-state index contributed by atoms with van der Waals surface area (Å²) < 4.78 is 6.44. The Morgan fingerprint density at radius 2 is 2.13 bits per heavy atom. The maximum absolute atomic E-state index is 12.0. The van der Waals surface area contributed by atoms with Gasteiger partial charge in [0.2, 0.25) is 0 Å². The Morgan fingerprint density at radius 3 is 2.80 bits per heavy atom. The standard InChI is InChI=1S/C10H14N2O3/c1-6(2)12-9(13)7-3-4-15-5-8(7)11-10(12)14/h6H,3-5H2,1-2H3,(H,11,14). The van der Waals surface area contributed by atoms with Gasteiger partial charge in [-0.25, -0.2) is 4.79 Å². The molecule has 0 radical (unpaired) electrons. The Kier molecular flexibility index (Phi) is 2.48. The highest BCUT2D eigenvalue weighted by molar-refractivity contribution is 5.18. The van der Waals surface area contributed by atoms with Crippen LogP contribution < -0.4 is 11.2 Å². The second-order valence-electron chi connectivity index (χ2n) is 3.96. The quantitative estimate of drug-likeness (QED) is 0.719. The van der Waals surface area contributed by atoms with Crippen molar-refractivity contribution in [3.05, 3.63) is 32.1 Å². The van der Waals surface area contributed by atoms with E-state index in [-0.39, 0.29) is 17.3 Å². The first-order chi connectivity index (χ1) is 7.11. The summed E-state index contributed by atoms with van der Waals surface area (Å²) in [5.41, 5.74) is 0.800. The van der Waals surface area contributed by atoms with E-state index in [0.717, 1.165) is 0 Å². The Bertz CT molecular complexity index is 484. The fourth-order valence-electron chi connectivity index (χ4n) is 1.83. The van der Waals surface area contributed by atoms with Crippen LogP contribution in [0.1, 0.15) is 31.1 Å². The van der Waals surface area contributed by atoms with Gasteiger partial charge in [-0.3, -0.25) is 9.36 Å². The predicted octanol–water partition coefficient (Wildman–Crippen LogP) is 0.190. The van der Waals surface area contributed by atoms with Crippen LogP contribution in [0, 0.1) is 0 Å². The highest BCUT2D eigenvalue weighted by Crippen LogP contribution is 2.09. The fourth-order valence-corrected chi connectivity index (χ4v) is 1.83. The molecule has 1 aliphatic rings. The minimum atomic E-state index is -0.348. The largest absolute Gasteiger partial charge is 0.375 e. The summed E-state index contributed by atoms with van der Waals surface area (Å²) >= 11 is 0. The average Bonchev–Trinajstić information content (AvgIpc) is 2.17. The minimum Gasteiger partial charge on any atom is -0.375 e. The summed E-state index contributed by atoms with van der Waals surface area (Å²) in [6.07, 6.45) is 0.581. The molecule has 0 saturated heterocycles. The van der Waals surface area contributed by atoms with Crippen molar-refractivity contribution >= 4 is 0 Å². The van der Waals surface area contributed by atoms with Crippen LogP contribution in [0.5, 0.6) is 0 Å². The molecular weight excluding hydrogens is 196 g/mol. The van der Waals surface area contributed by atoms with Gasteiger partial charge in [-0.05, 0) is 13.8 Å². The Labute approximate surface area is 86.7 Å². The van der Waals surface area contributed by atoms with E-state index in [2.05, 4.69) is 4.98 Å². The number of rotatable bonds is 1. The second-order valence-corrected chi connectivity index (χ2v) is 3.96. The van der Waals surface area contributed by atoms with E-state index in [1.165, 1.54) is 4.57 Å². The number of aromatic nitrogens is 2. The van der Waals surface area contributed by atoms with Crippen LogP contribution in [0.3, 0.4) is 0 Å². The molecule has 82 valence electrons. The highest BCUT2D eigenvalue weighted by Gasteiger charge is 2.18. The molecule has 0 aromatic carbocycles. The molecule has 0 fully saturated rings. The number of ether oxygens (including phenoxy) is 1. The van der Waals surface area contributed by atoms with E-state index in [1.807, 2.05) is 13.8 Å². The Balaban J connectivity index is 2.70. The molecule has 1 N–H and O–H groups in total. The zero-order valence-corrected chi connectivity index (χ0v) is 8.87. The molecule has 2 rings (SSSR count). The molecule has 0 unspecified atom stereocenters. The SMILES string of the molecule is CC(C)n1c(=O)[nH]c2c(c1=O)CCOC2. The number of hydrogen-bond acceptors (Lipinski definition) is 3. The molecule has 0 bridgehead atoms. The van der Waals surface area contributed by atoms with Crippen LogP contribution >= 0.6 is 0 Å². The van der Waals surface area contributed by atoms with E-state index in [4.69, 9.17) is 4.74 Å². The van der Waals surface area contributed by atoms with Crippen molar-refractivity contribution < 1.29 is 4.74 Å². The van der Waals surface area contributed by atoms with Gasteiger partial charge in [0.15, 0.2) is 0 Å². The number of H-pyrrole nitrogens is 1. The van der Waals surface area contributed by atoms with Crippen LogP contribution in [0.25, 0.3) is 0 Å². The number of fused-ring (bicyclic) bond motifs is 1. The van der Waals surface area contributed by atoms with Crippen molar-refractivity contribution in [2.24, 2.45) is 0 Å². The number of nitrogens with zero attached hydrogens (tertiary/aromatic N) is 1. The smallest absolute Gasteiger partial charge is 0.328 e. The van der Waals surface area contributed by atoms with Gasteiger partial charge in [0.25, 0.3) is 5.56 Å². The lowest BCUT2D eigenvalue weighted by Crippen LogP contribution is -2.41. The van der Waals surface area contributed by atoms with Crippen LogP contribution in [-0.4, -0.2) is 16.2 Å². The molecule has 1 aromatic rings. The van der Waals surface area contributed by atoms with Gasteiger partial charge >= 0.3 is 5.69 Å². The number of hydrogen-bond donors (Lipinski definition) is 1. The number of aromatic amines is 1. The molecule has 2 heterocycles. The molecule has 0 atom stereocenters. The van der Waals surface area contributed by atoms with Crippen molar-refractivity contribution in [1.29, 1.82) is 0 Å². The van der Waals surface area contributed by atoms with Gasteiger partial charge in [-0.2, -0.15) is 0 Å². The maximum Gasteiger partial charge on any atom is 0.328 e. The molecule has 0 amide bonds. The Hall–Kier alpha value is -1.36. The van der Waals surface area contributed by atoms with Gasteiger partial charge in [-0.1, -0.05) is 0 Å². The lowest BCUT2D eigenvalue weighted by molar-refractivity contribution is 0.106. The fraction of sp³-hybridized carbons (Fsp3) is 0.600. The van der Waals surface area contributed by atoms with Gasteiger partial charge in [0.1, 0.15) is 0 Å². The summed E-state index contributed by atoms with van der Waals surface area (Å²) in [5.74, 6) is 0. The van der Waals surface area contributed by atoms with Crippen LogP contribution in [0.15, 0.2) is 9.59 Å². The molecule has 0 saturated carbocycles. The topological polar surface area (TPSA) is 64.1 Å². The molecule has 0 spiro atoms. The first kappa shape index (κ1) is 10.2. The zero-order valence-electron chi connectivity index (χ0n) is 8.87.